The van der Waals surface area contributed by atoms with E-state index in [1.165, 1.54) is 24.3 Å². The summed E-state index contributed by atoms with van der Waals surface area (Å²) in [7, 11) is 3.23. The zero-order chi connectivity index (χ0) is 22.0. The molecule has 0 N–H and O–H groups in total. The molecule has 2 aromatic carbocycles. The standard InChI is InChI=1S/C24H24FNO4S/c1-15(30-18-8-6-17(25)7-9-18)24(27)26-11-10-16-13-20(28-2)21(29-3)14-19(16)23(26)22-5-4-12-31-22/h4-9,12-15,23H,10-11H2,1-3H3. The number of carbonyl (C=O) groups excluding carboxylic acids is 1. The van der Waals surface area contributed by atoms with Crippen LogP contribution in [0.1, 0.15) is 29.0 Å². The molecule has 4 rings (SSSR count). The van der Waals surface area contributed by atoms with Crippen molar-refractivity contribution in [1.82, 2.24) is 4.90 Å². The second-order valence-corrected chi connectivity index (χ2v) is 8.30. The van der Waals surface area contributed by atoms with Crippen molar-refractivity contribution in [3.63, 3.8) is 0 Å². The Kier molecular flexibility index (Phi) is 6.13. The van der Waals surface area contributed by atoms with E-state index in [4.69, 9.17) is 14.2 Å². The van der Waals surface area contributed by atoms with Crippen molar-refractivity contribution in [2.24, 2.45) is 0 Å². The van der Waals surface area contributed by atoms with E-state index in [0.717, 1.165) is 16.0 Å². The van der Waals surface area contributed by atoms with Crippen molar-refractivity contribution in [2.45, 2.75) is 25.5 Å². The average Bonchev–Trinajstić information content (AvgIpc) is 3.32. The summed E-state index contributed by atoms with van der Waals surface area (Å²) >= 11 is 1.61. The van der Waals surface area contributed by atoms with Gasteiger partial charge in [-0.25, -0.2) is 4.39 Å². The van der Waals surface area contributed by atoms with Crippen LogP contribution in [-0.2, 0) is 11.2 Å². The molecular formula is C24H24FNO4S. The molecule has 0 radical (unpaired) electrons. The van der Waals surface area contributed by atoms with Gasteiger partial charge in [-0.05, 0) is 72.3 Å². The first kappa shape index (κ1) is 21.2. The first-order valence-electron chi connectivity index (χ1n) is 10.0. The maximum Gasteiger partial charge on any atom is 0.264 e. The van der Waals surface area contributed by atoms with Gasteiger partial charge in [0, 0.05) is 11.4 Å². The Labute approximate surface area is 185 Å². The molecule has 0 saturated carbocycles. The number of hydrogen-bond acceptors (Lipinski definition) is 5. The third kappa shape index (κ3) is 4.23. The number of rotatable bonds is 6. The summed E-state index contributed by atoms with van der Waals surface area (Å²) in [5, 5.41) is 2.01. The van der Waals surface area contributed by atoms with E-state index in [-0.39, 0.29) is 17.8 Å². The SMILES string of the molecule is COc1cc2c(cc1OC)C(c1cccs1)N(C(=O)C(C)Oc1ccc(F)cc1)CC2. The summed E-state index contributed by atoms with van der Waals surface area (Å²) in [6.45, 7) is 2.28. The molecule has 31 heavy (non-hydrogen) atoms. The van der Waals surface area contributed by atoms with Gasteiger partial charge in [0.2, 0.25) is 0 Å². The van der Waals surface area contributed by atoms with Crippen LogP contribution in [0.2, 0.25) is 0 Å². The Morgan fingerprint density at radius 3 is 2.48 bits per heavy atom. The van der Waals surface area contributed by atoms with Crippen LogP contribution in [0, 0.1) is 5.82 Å². The minimum Gasteiger partial charge on any atom is -0.493 e. The van der Waals surface area contributed by atoms with Gasteiger partial charge in [0.25, 0.3) is 5.91 Å². The summed E-state index contributed by atoms with van der Waals surface area (Å²) in [6.07, 6.45) is -0.0124. The quantitative estimate of drug-likeness (QED) is 0.549. The number of amides is 1. The van der Waals surface area contributed by atoms with Crippen LogP contribution in [-0.4, -0.2) is 37.7 Å². The zero-order valence-corrected chi connectivity index (χ0v) is 18.4. The Bertz CT molecular complexity index is 1050. The molecule has 0 spiro atoms. The topological polar surface area (TPSA) is 48.0 Å². The second kappa shape index (κ2) is 8.98. The molecule has 0 aliphatic carbocycles. The monoisotopic (exact) mass is 441 g/mol. The first-order chi connectivity index (χ1) is 15.0. The highest BCUT2D eigenvalue weighted by molar-refractivity contribution is 7.10. The molecule has 5 nitrogen and oxygen atoms in total. The van der Waals surface area contributed by atoms with Gasteiger partial charge in [0.15, 0.2) is 17.6 Å². The summed E-state index contributed by atoms with van der Waals surface area (Å²) < 4.78 is 30.0. The summed E-state index contributed by atoms with van der Waals surface area (Å²) in [5.74, 6) is 1.30. The number of nitrogens with zero attached hydrogens (tertiary/aromatic N) is 1. The maximum atomic E-state index is 13.4. The van der Waals surface area contributed by atoms with Gasteiger partial charge in [-0.15, -0.1) is 11.3 Å². The highest BCUT2D eigenvalue weighted by Gasteiger charge is 2.36. The summed E-state index contributed by atoms with van der Waals surface area (Å²) in [4.78, 5) is 16.4. The molecule has 1 aliphatic rings. The van der Waals surface area contributed by atoms with Crippen LogP contribution >= 0.6 is 11.3 Å². The van der Waals surface area contributed by atoms with Crippen molar-refractivity contribution in [1.29, 1.82) is 0 Å². The van der Waals surface area contributed by atoms with Crippen LogP contribution in [0.15, 0.2) is 53.9 Å². The minimum atomic E-state index is -0.713. The lowest BCUT2D eigenvalue weighted by molar-refractivity contribution is -0.140. The second-order valence-electron chi connectivity index (χ2n) is 7.32. The van der Waals surface area contributed by atoms with Crippen molar-refractivity contribution in [2.75, 3.05) is 20.8 Å². The highest BCUT2D eigenvalue weighted by atomic mass is 32.1. The molecule has 2 unspecified atom stereocenters. The number of halogens is 1. The van der Waals surface area contributed by atoms with Crippen LogP contribution in [0.25, 0.3) is 0 Å². The van der Waals surface area contributed by atoms with Gasteiger partial charge < -0.3 is 19.1 Å². The molecule has 0 bridgehead atoms. The third-order valence-electron chi connectivity index (χ3n) is 5.44. The number of ether oxygens (including phenoxy) is 3. The van der Waals surface area contributed by atoms with E-state index in [9.17, 15) is 9.18 Å². The lowest BCUT2D eigenvalue weighted by Gasteiger charge is -2.38. The highest BCUT2D eigenvalue weighted by Crippen LogP contribution is 2.42. The van der Waals surface area contributed by atoms with Gasteiger partial charge in [-0.2, -0.15) is 0 Å². The predicted molar refractivity (Wildman–Crippen MR) is 118 cm³/mol. The molecule has 7 heteroatoms. The van der Waals surface area contributed by atoms with Crippen molar-refractivity contribution in [3.05, 3.63) is 75.7 Å². The number of methoxy groups -OCH3 is 2. The van der Waals surface area contributed by atoms with E-state index < -0.39 is 6.10 Å². The van der Waals surface area contributed by atoms with Crippen molar-refractivity contribution in [3.8, 4) is 17.2 Å². The van der Waals surface area contributed by atoms with Gasteiger partial charge in [0.1, 0.15) is 11.6 Å². The molecular weight excluding hydrogens is 417 g/mol. The summed E-state index contributed by atoms with van der Waals surface area (Å²) in [6, 6.07) is 13.4. The minimum absolute atomic E-state index is 0.122. The molecule has 3 aromatic rings. The number of fused-ring (bicyclic) bond motifs is 1. The smallest absolute Gasteiger partial charge is 0.264 e. The molecule has 1 aromatic heterocycles. The fourth-order valence-electron chi connectivity index (χ4n) is 3.94. The number of benzene rings is 2. The van der Waals surface area contributed by atoms with E-state index in [2.05, 4.69) is 0 Å². The molecule has 2 atom stereocenters. The van der Waals surface area contributed by atoms with Gasteiger partial charge >= 0.3 is 0 Å². The van der Waals surface area contributed by atoms with Crippen molar-refractivity contribution < 1.29 is 23.4 Å². The lowest BCUT2D eigenvalue weighted by Crippen LogP contribution is -2.46. The van der Waals surface area contributed by atoms with Crippen LogP contribution in [0.4, 0.5) is 4.39 Å². The van der Waals surface area contributed by atoms with Crippen LogP contribution in [0.3, 0.4) is 0 Å². The zero-order valence-electron chi connectivity index (χ0n) is 17.6. The Morgan fingerprint density at radius 2 is 1.84 bits per heavy atom. The number of thiophene rings is 1. The molecule has 0 saturated heterocycles. The van der Waals surface area contributed by atoms with E-state index >= 15 is 0 Å². The fourth-order valence-corrected chi connectivity index (χ4v) is 4.79. The van der Waals surface area contributed by atoms with Crippen LogP contribution in [0.5, 0.6) is 17.2 Å². The third-order valence-corrected chi connectivity index (χ3v) is 6.37. The number of carbonyl (C=O) groups is 1. The predicted octanol–water partition coefficient (Wildman–Crippen LogP) is 4.85. The molecule has 1 aliphatic heterocycles. The maximum absolute atomic E-state index is 13.4. The Hall–Kier alpha value is -3.06. The van der Waals surface area contributed by atoms with E-state index in [1.54, 1.807) is 32.5 Å². The largest absolute Gasteiger partial charge is 0.493 e. The molecule has 0 fully saturated rings. The van der Waals surface area contributed by atoms with Gasteiger partial charge in [-0.3, -0.25) is 4.79 Å². The van der Waals surface area contributed by atoms with Gasteiger partial charge in [-0.1, -0.05) is 6.07 Å². The first-order valence-corrected chi connectivity index (χ1v) is 10.9. The van der Waals surface area contributed by atoms with E-state index in [0.29, 0.717) is 30.2 Å². The fraction of sp³-hybridized carbons (Fsp3) is 0.292. The Morgan fingerprint density at radius 1 is 1.13 bits per heavy atom. The van der Waals surface area contributed by atoms with Crippen molar-refractivity contribution >= 4 is 17.2 Å². The molecule has 1 amide bonds. The van der Waals surface area contributed by atoms with Gasteiger partial charge in [0.05, 0.1) is 20.3 Å². The molecule has 2 heterocycles. The normalized spacial score (nSPS) is 16.4. The van der Waals surface area contributed by atoms with Crippen LogP contribution < -0.4 is 14.2 Å². The Balaban J connectivity index is 1.67. The van der Waals surface area contributed by atoms with E-state index in [1.807, 2.05) is 34.5 Å². The number of hydrogen-bond donors (Lipinski definition) is 0. The lowest BCUT2D eigenvalue weighted by atomic mass is 9.90. The molecule has 162 valence electrons. The summed E-state index contributed by atoms with van der Waals surface area (Å²) in [5.41, 5.74) is 2.15. The average molecular weight is 442 g/mol.